The maximum Gasteiger partial charge on any atom is 0.246 e. The van der Waals surface area contributed by atoms with Gasteiger partial charge in [-0.15, -0.1) is 0 Å². The van der Waals surface area contributed by atoms with E-state index < -0.39 is 0 Å². The molecule has 0 aliphatic carbocycles. The zero-order valence-electron chi connectivity index (χ0n) is 11.5. The normalized spacial score (nSPS) is 19.5. The monoisotopic (exact) mass is 262 g/mol. The van der Waals surface area contributed by atoms with Crippen LogP contribution in [0.3, 0.4) is 0 Å². The third-order valence-corrected chi connectivity index (χ3v) is 3.32. The Labute approximate surface area is 114 Å². The zero-order valence-corrected chi connectivity index (χ0v) is 11.5. The predicted molar refractivity (Wildman–Crippen MR) is 74.8 cm³/mol. The van der Waals surface area contributed by atoms with Crippen molar-refractivity contribution < 1.29 is 9.53 Å². The molecule has 1 aliphatic rings. The Kier molecular flexibility index (Phi) is 5.36. The fourth-order valence-corrected chi connectivity index (χ4v) is 2.40. The molecule has 1 atom stereocenters. The van der Waals surface area contributed by atoms with E-state index in [1.807, 2.05) is 13.0 Å². The van der Waals surface area contributed by atoms with Gasteiger partial charge >= 0.3 is 0 Å². The lowest BCUT2D eigenvalue weighted by Crippen LogP contribution is -2.39. The molecule has 0 bridgehead atoms. The largest absolute Gasteiger partial charge is 0.372 e. The first kappa shape index (κ1) is 14.0. The van der Waals surface area contributed by atoms with Gasteiger partial charge in [0.15, 0.2) is 0 Å². The highest BCUT2D eigenvalue weighted by Gasteiger charge is 2.23. The molecule has 2 rings (SSSR count). The average Bonchev–Trinajstić information content (AvgIpc) is 2.85. The first-order valence-corrected chi connectivity index (χ1v) is 6.91. The van der Waals surface area contributed by atoms with Crippen LogP contribution in [0.5, 0.6) is 0 Å². The third-order valence-electron chi connectivity index (χ3n) is 3.32. The highest BCUT2D eigenvalue weighted by molar-refractivity contribution is 5.77. The Morgan fingerprint density at radius 1 is 1.42 bits per heavy atom. The lowest BCUT2D eigenvalue weighted by Gasteiger charge is -2.16. The molecule has 1 N–H and O–H groups in total. The van der Waals surface area contributed by atoms with Crippen molar-refractivity contribution in [1.82, 2.24) is 10.2 Å². The van der Waals surface area contributed by atoms with E-state index in [1.54, 1.807) is 0 Å². The Morgan fingerprint density at radius 3 is 2.95 bits per heavy atom. The highest BCUT2D eigenvalue weighted by Crippen LogP contribution is 2.13. The smallest absolute Gasteiger partial charge is 0.246 e. The number of carbonyl (C=O) groups excluding carboxylic acids is 1. The Bertz CT molecular complexity index is 394. The molecule has 4 heteroatoms. The number of carbonyl (C=O) groups is 1. The zero-order chi connectivity index (χ0) is 13.5. The van der Waals surface area contributed by atoms with Crippen molar-refractivity contribution in [2.24, 2.45) is 0 Å². The molecule has 1 aromatic rings. The van der Waals surface area contributed by atoms with Crippen LogP contribution in [0.2, 0.25) is 0 Å². The minimum absolute atomic E-state index is 0.00610. The molecule has 0 radical (unpaired) electrons. The van der Waals surface area contributed by atoms with Crippen LogP contribution in [0.1, 0.15) is 18.9 Å². The fraction of sp³-hybridized carbons (Fsp3) is 0.533. The summed E-state index contributed by atoms with van der Waals surface area (Å²) in [6.45, 7) is 5.56. The molecule has 0 spiro atoms. The van der Waals surface area contributed by atoms with Gasteiger partial charge in [0.1, 0.15) is 6.61 Å². The second-order valence-electron chi connectivity index (χ2n) is 4.91. The van der Waals surface area contributed by atoms with Gasteiger partial charge in [-0.25, -0.2) is 0 Å². The molecule has 0 saturated carbocycles. The first-order valence-electron chi connectivity index (χ1n) is 6.91. The van der Waals surface area contributed by atoms with Gasteiger partial charge in [-0.3, -0.25) is 9.69 Å². The molecule has 1 heterocycles. The van der Waals surface area contributed by atoms with Crippen LogP contribution >= 0.6 is 0 Å². The van der Waals surface area contributed by atoms with Crippen LogP contribution < -0.4 is 5.32 Å². The summed E-state index contributed by atoms with van der Waals surface area (Å²) >= 11 is 0. The van der Waals surface area contributed by atoms with Crippen LogP contribution in [-0.4, -0.2) is 43.2 Å². The number of ether oxygens (including phenoxy) is 1. The van der Waals surface area contributed by atoms with Crippen molar-refractivity contribution in [3.8, 4) is 0 Å². The van der Waals surface area contributed by atoms with Gasteiger partial charge < -0.3 is 10.1 Å². The number of hydrogen-bond donors (Lipinski definition) is 1. The minimum Gasteiger partial charge on any atom is -0.372 e. The average molecular weight is 262 g/mol. The van der Waals surface area contributed by atoms with Gasteiger partial charge in [0.25, 0.3) is 0 Å². The molecular formula is C15H22N2O2. The van der Waals surface area contributed by atoms with E-state index >= 15 is 0 Å². The number of nitrogens with one attached hydrogen (secondary N) is 1. The molecule has 19 heavy (non-hydrogen) atoms. The van der Waals surface area contributed by atoms with Gasteiger partial charge in [-0.2, -0.15) is 0 Å². The van der Waals surface area contributed by atoms with E-state index in [1.165, 1.54) is 5.56 Å². The Hall–Kier alpha value is -1.39. The summed E-state index contributed by atoms with van der Waals surface area (Å²) in [7, 11) is 0. The molecular weight excluding hydrogens is 240 g/mol. The number of nitrogens with zero attached hydrogens (tertiary/aromatic N) is 1. The molecule has 1 amide bonds. The van der Waals surface area contributed by atoms with Crippen LogP contribution in [0.25, 0.3) is 0 Å². The summed E-state index contributed by atoms with van der Waals surface area (Å²) in [5.41, 5.74) is 1.32. The molecule has 1 fully saturated rings. The van der Waals surface area contributed by atoms with E-state index in [9.17, 15) is 4.79 Å². The Morgan fingerprint density at radius 2 is 2.21 bits per heavy atom. The number of likely N-dealkylation sites (tertiary alicyclic amines) is 1. The molecule has 0 unspecified atom stereocenters. The predicted octanol–water partition coefficient (Wildman–Crippen LogP) is 1.41. The van der Waals surface area contributed by atoms with Crippen LogP contribution in [0.4, 0.5) is 0 Å². The quantitative estimate of drug-likeness (QED) is 0.843. The van der Waals surface area contributed by atoms with Gasteiger partial charge in [-0.05, 0) is 18.9 Å². The minimum atomic E-state index is -0.00610. The van der Waals surface area contributed by atoms with Crippen molar-refractivity contribution in [3.05, 3.63) is 35.9 Å². The SMILES string of the molecule is CCOCC(=O)N[C@H]1CCN(Cc2ccccc2)C1. The van der Waals surface area contributed by atoms with Gasteiger partial charge in [-0.1, -0.05) is 30.3 Å². The fourth-order valence-electron chi connectivity index (χ4n) is 2.40. The van der Waals surface area contributed by atoms with Crippen molar-refractivity contribution in [2.45, 2.75) is 25.9 Å². The van der Waals surface area contributed by atoms with Crippen molar-refractivity contribution in [3.63, 3.8) is 0 Å². The van der Waals surface area contributed by atoms with Crippen LogP contribution in [0.15, 0.2) is 30.3 Å². The van der Waals surface area contributed by atoms with Gasteiger partial charge in [0.05, 0.1) is 0 Å². The van der Waals surface area contributed by atoms with E-state index in [0.29, 0.717) is 6.61 Å². The van der Waals surface area contributed by atoms with Crippen molar-refractivity contribution in [2.75, 3.05) is 26.3 Å². The molecule has 0 aromatic heterocycles. The summed E-state index contributed by atoms with van der Waals surface area (Å²) in [4.78, 5) is 13.9. The van der Waals surface area contributed by atoms with Crippen LogP contribution in [-0.2, 0) is 16.1 Å². The summed E-state index contributed by atoms with van der Waals surface area (Å²) in [6.07, 6.45) is 1.02. The van der Waals surface area contributed by atoms with Crippen molar-refractivity contribution in [1.29, 1.82) is 0 Å². The third kappa shape index (κ3) is 4.65. The molecule has 1 saturated heterocycles. The van der Waals surface area contributed by atoms with Crippen molar-refractivity contribution >= 4 is 5.91 Å². The lowest BCUT2D eigenvalue weighted by molar-refractivity contribution is -0.126. The molecule has 104 valence electrons. The molecule has 1 aromatic carbocycles. The summed E-state index contributed by atoms with van der Waals surface area (Å²) in [5, 5.41) is 3.02. The number of amides is 1. The Balaban J connectivity index is 1.72. The summed E-state index contributed by atoms with van der Waals surface area (Å²) in [6, 6.07) is 10.7. The first-order chi connectivity index (χ1) is 9.28. The number of hydrogen-bond acceptors (Lipinski definition) is 3. The van der Waals surface area contributed by atoms with E-state index in [4.69, 9.17) is 4.74 Å². The van der Waals surface area contributed by atoms with E-state index in [2.05, 4.69) is 34.5 Å². The number of rotatable bonds is 6. The maximum atomic E-state index is 11.6. The highest BCUT2D eigenvalue weighted by atomic mass is 16.5. The van der Waals surface area contributed by atoms with Gasteiger partial charge in [0, 0.05) is 32.3 Å². The molecule has 1 aliphatic heterocycles. The molecule has 4 nitrogen and oxygen atoms in total. The lowest BCUT2D eigenvalue weighted by atomic mass is 10.2. The van der Waals surface area contributed by atoms with Gasteiger partial charge in [0.2, 0.25) is 5.91 Å². The van der Waals surface area contributed by atoms with E-state index in [-0.39, 0.29) is 18.6 Å². The maximum absolute atomic E-state index is 11.6. The summed E-state index contributed by atoms with van der Waals surface area (Å²) in [5.74, 6) is -0.00610. The van der Waals surface area contributed by atoms with Crippen LogP contribution in [0, 0.1) is 0 Å². The standard InChI is InChI=1S/C15H22N2O2/c1-2-19-12-15(18)16-14-8-9-17(11-14)10-13-6-4-3-5-7-13/h3-7,14H,2,8-12H2,1H3,(H,16,18)/t14-/m0/s1. The van der Waals surface area contributed by atoms with E-state index in [0.717, 1.165) is 26.1 Å². The summed E-state index contributed by atoms with van der Waals surface area (Å²) < 4.78 is 5.10. The second-order valence-corrected chi connectivity index (χ2v) is 4.91. The second kappa shape index (κ2) is 7.26. The topological polar surface area (TPSA) is 41.6 Å². The number of benzene rings is 1.